The first-order valence-electron chi connectivity index (χ1n) is 11.7. The minimum absolute atomic E-state index is 0.495. The van der Waals surface area contributed by atoms with E-state index in [4.69, 9.17) is 0 Å². The maximum atomic E-state index is 11.8. The summed E-state index contributed by atoms with van der Waals surface area (Å²) in [5.74, 6) is -1.12. The standard InChI is InChI=1S/C27H30N2O6S2/c1-26(2)20-12-8-10-14-22(20)28(18-36(30,31)32)24(26)16-6-5-7-17-25-27(3,4)21-13-9-11-15-23(21)29(25)19-37(33,34)35/h5-17H,18-19H2,1-4H3,(H-,30,31,32,33,34,35)/p+1. The molecule has 196 valence electrons. The van der Waals surface area contributed by atoms with Crippen LogP contribution in [0.2, 0.25) is 0 Å². The molecule has 2 heterocycles. The van der Waals surface area contributed by atoms with Gasteiger partial charge < -0.3 is 4.90 Å². The lowest BCUT2D eigenvalue weighted by atomic mass is 9.81. The van der Waals surface area contributed by atoms with Gasteiger partial charge in [0.15, 0.2) is 11.6 Å². The Kier molecular flexibility index (Phi) is 6.83. The number of hydrogen-bond acceptors (Lipinski definition) is 5. The van der Waals surface area contributed by atoms with Crippen molar-refractivity contribution in [3.63, 3.8) is 0 Å². The van der Waals surface area contributed by atoms with Gasteiger partial charge in [-0.25, -0.2) is 0 Å². The van der Waals surface area contributed by atoms with Gasteiger partial charge in [-0.05, 0) is 31.6 Å². The highest BCUT2D eigenvalue weighted by Crippen LogP contribution is 2.47. The number of allylic oxidation sites excluding steroid dienone is 6. The van der Waals surface area contributed by atoms with Gasteiger partial charge in [-0.3, -0.25) is 9.11 Å². The van der Waals surface area contributed by atoms with Crippen molar-refractivity contribution in [3.05, 3.63) is 95.7 Å². The number of para-hydroxylation sites is 2. The molecule has 8 nitrogen and oxygen atoms in total. The fraction of sp³-hybridized carbons (Fsp3) is 0.296. The molecule has 0 atom stereocenters. The maximum absolute atomic E-state index is 11.8. The van der Waals surface area contributed by atoms with E-state index in [1.165, 1.54) is 0 Å². The lowest BCUT2D eigenvalue weighted by Crippen LogP contribution is -2.30. The molecule has 0 unspecified atom stereocenters. The van der Waals surface area contributed by atoms with Crippen LogP contribution < -0.4 is 4.90 Å². The lowest BCUT2D eigenvalue weighted by molar-refractivity contribution is -0.416. The fourth-order valence-corrected chi connectivity index (χ4v) is 6.45. The van der Waals surface area contributed by atoms with Crippen molar-refractivity contribution < 1.29 is 30.5 Å². The molecule has 2 aromatic rings. The topological polar surface area (TPSA) is 115 Å². The van der Waals surface area contributed by atoms with Gasteiger partial charge in [0.1, 0.15) is 0 Å². The van der Waals surface area contributed by atoms with E-state index in [0.29, 0.717) is 11.4 Å². The monoisotopic (exact) mass is 543 g/mol. The van der Waals surface area contributed by atoms with Gasteiger partial charge in [-0.1, -0.05) is 68.5 Å². The predicted molar refractivity (Wildman–Crippen MR) is 146 cm³/mol. The molecule has 0 amide bonds. The number of benzene rings is 2. The summed E-state index contributed by atoms with van der Waals surface area (Å²) in [6.07, 6.45) is 8.95. The molecule has 0 saturated carbocycles. The number of hydrogen-bond donors (Lipinski definition) is 2. The van der Waals surface area contributed by atoms with Crippen molar-refractivity contribution in [2.75, 3.05) is 16.7 Å². The normalized spacial score (nSPS) is 19.8. The van der Waals surface area contributed by atoms with Crippen LogP contribution in [0, 0.1) is 0 Å². The van der Waals surface area contributed by atoms with Gasteiger partial charge in [0.2, 0.25) is 5.69 Å². The minimum Gasteiger partial charge on any atom is -0.327 e. The fourth-order valence-electron chi connectivity index (χ4n) is 5.24. The van der Waals surface area contributed by atoms with Crippen LogP contribution in [0.1, 0.15) is 38.8 Å². The first-order valence-corrected chi connectivity index (χ1v) is 14.9. The Hall–Kier alpha value is -3.05. The Bertz CT molecular complexity index is 1580. The summed E-state index contributed by atoms with van der Waals surface area (Å²) >= 11 is 0. The summed E-state index contributed by atoms with van der Waals surface area (Å²) in [6.45, 7) is 7.97. The molecule has 37 heavy (non-hydrogen) atoms. The van der Waals surface area contributed by atoms with Gasteiger partial charge in [0, 0.05) is 34.5 Å². The lowest BCUT2D eigenvalue weighted by Gasteiger charge is -2.25. The molecular weight excluding hydrogens is 512 g/mol. The van der Waals surface area contributed by atoms with Crippen LogP contribution in [0.3, 0.4) is 0 Å². The van der Waals surface area contributed by atoms with Crippen molar-refractivity contribution in [2.45, 2.75) is 38.5 Å². The van der Waals surface area contributed by atoms with Crippen LogP contribution >= 0.6 is 0 Å². The number of rotatable bonds is 7. The largest absolute Gasteiger partial charge is 0.327 e. The van der Waals surface area contributed by atoms with Crippen molar-refractivity contribution in [1.29, 1.82) is 0 Å². The molecule has 0 aromatic heterocycles. The average molecular weight is 544 g/mol. The number of anilines is 1. The van der Waals surface area contributed by atoms with Crippen LogP contribution in [0.5, 0.6) is 0 Å². The van der Waals surface area contributed by atoms with E-state index >= 15 is 0 Å². The molecule has 2 aliphatic rings. The Morgan fingerprint density at radius 3 is 2.08 bits per heavy atom. The molecule has 2 aliphatic heterocycles. The van der Waals surface area contributed by atoms with E-state index in [1.807, 2.05) is 88.4 Å². The van der Waals surface area contributed by atoms with Crippen LogP contribution in [-0.4, -0.2) is 48.0 Å². The van der Waals surface area contributed by atoms with Crippen molar-refractivity contribution in [2.24, 2.45) is 0 Å². The predicted octanol–water partition coefficient (Wildman–Crippen LogP) is 4.55. The van der Waals surface area contributed by atoms with Crippen LogP contribution in [0.25, 0.3) is 0 Å². The third kappa shape index (κ3) is 5.33. The Morgan fingerprint density at radius 1 is 0.811 bits per heavy atom. The second-order valence-electron chi connectivity index (χ2n) is 10.2. The molecule has 0 spiro atoms. The molecular formula is C27H31N2O6S2+. The summed E-state index contributed by atoms with van der Waals surface area (Å²) in [5, 5.41) is 0. The highest BCUT2D eigenvalue weighted by atomic mass is 32.2. The Morgan fingerprint density at radius 2 is 1.43 bits per heavy atom. The van der Waals surface area contributed by atoms with E-state index < -0.39 is 42.8 Å². The highest BCUT2D eigenvalue weighted by molar-refractivity contribution is 7.86. The van der Waals surface area contributed by atoms with Crippen LogP contribution in [0.4, 0.5) is 11.4 Å². The molecule has 2 N–H and O–H groups in total. The van der Waals surface area contributed by atoms with Gasteiger partial charge >= 0.3 is 10.1 Å². The zero-order chi connectivity index (χ0) is 27.2. The van der Waals surface area contributed by atoms with Gasteiger partial charge in [0.05, 0.1) is 5.41 Å². The first kappa shape index (κ1) is 27.0. The summed E-state index contributed by atoms with van der Waals surface area (Å²) in [5.41, 5.74) is 3.79. The first-order chi connectivity index (χ1) is 17.1. The van der Waals surface area contributed by atoms with E-state index in [0.717, 1.165) is 22.5 Å². The number of nitrogens with zero attached hydrogens (tertiary/aromatic N) is 2. The van der Waals surface area contributed by atoms with Crippen molar-refractivity contribution in [3.8, 4) is 0 Å². The Labute approximate surface area is 218 Å². The quantitative estimate of drug-likeness (QED) is 0.299. The third-order valence-corrected chi connectivity index (χ3v) is 8.08. The van der Waals surface area contributed by atoms with Crippen LogP contribution in [-0.2, 0) is 31.1 Å². The molecule has 2 aromatic carbocycles. The molecule has 4 rings (SSSR count). The van der Waals surface area contributed by atoms with Crippen molar-refractivity contribution >= 4 is 37.3 Å². The zero-order valence-corrected chi connectivity index (χ0v) is 22.8. The highest BCUT2D eigenvalue weighted by Gasteiger charge is 2.45. The molecule has 0 aliphatic carbocycles. The molecule has 10 heteroatoms. The average Bonchev–Trinajstić information content (AvgIpc) is 3.12. The van der Waals surface area contributed by atoms with Gasteiger partial charge in [-0.15, -0.1) is 0 Å². The molecule has 0 fully saturated rings. The minimum atomic E-state index is -4.27. The maximum Gasteiger partial charge on any atom is 0.326 e. The van der Waals surface area contributed by atoms with E-state index in [2.05, 4.69) is 0 Å². The van der Waals surface area contributed by atoms with Gasteiger partial charge in [0.25, 0.3) is 16.0 Å². The van der Waals surface area contributed by atoms with E-state index in [1.54, 1.807) is 27.7 Å². The molecule has 0 radical (unpaired) electrons. The summed E-state index contributed by atoms with van der Waals surface area (Å²) in [4.78, 5) is 1.60. The Balaban J connectivity index is 1.69. The number of fused-ring (bicyclic) bond motifs is 2. The summed E-state index contributed by atoms with van der Waals surface area (Å²) < 4.78 is 67.7. The SMILES string of the molecule is CC1(C)C(=CC=CC=CC2=[N+](CS(=O)(=O)O)c3ccccc3C2(C)C)N(CS(=O)(=O)O)c2ccccc21. The van der Waals surface area contributed by atoms with E-state index in [-0.39, 0.29) is 0 Å². The molecule has 0 bridgehead atoms. The second-order valence-corrected chi connectivity index (χ2v) is 13.1. The van der Waals surface area contributed by atoms with Gasteiger partial charge in [-0.2, -0.15) is 21.4 Å². The van der Waals surface area contributed by atoms with E-state index in [9.17, 15) is 25.9 Å². The molecule has 0 saturated heterocycles. The third-order valence-electron chi connectivity index (χ3n) is 6.91. The van der Waals surface area contributed by atoms with Crippen molar-refractivity contribution in [1.82, 2.24) is 0 Å². The zero-order valence-electron chi connectivity index (χ0n) is 21.2. The summed E-state index contributed by atoms with van der Waals surface area (Å²) in [6, 6.07) is 15.0. The smallest absolute Gasteiger partial charge is 0.326 e. The second kappa shape index (κ2) is 9.36. The summed E-state index contributed by atoms with van der Waals surface area (Å²) in [7, 11) is -8.54. The van der Waals surface area contributed by atoms with Crippen LogP contribution in [0.15, 0.2) is 84.6 Å².